The van der Waals surface area contributed by atoms with Crippen LogP contribution in [0.5, 0.6) is 0 Å². The summed E-state index contributed by atoms with van der Waals surface area (Å²) in [7, 11) is 0. The molecule has 0 amide bonds. The van der Waals surface area contributed by atoms with Gasteiger partial charge in [-0.05, 0) is 50.9 Å². The molecule has 0 bridgehead atoms. The highest BCUT2D eigenvalue weighted by atomic mass is 14.2. The lowest BCUT2D eigenvalue weighted by atomic mass is 9.90. The quantitative estimate of drug-likeness (QED) is 0.541. The number of rotatable bonds is 2. The van der Waals surface area contributed by atoms with E-state index in [9.17, 15) is 0 Å². The second-order valence-corrected chi connectivity index (χ2v) is 4.12. The maximum atomic E-state index is 2.49. The molecule has 0 N–H and O–H groups in total. The molecule has 0 aromatic carbocycles. The Hall–Kier alpha value is -0.520. The molecule has 0 spiro atoms. The normalized spacial score (nSPS) is 24.5. The van der Waals surface area contributed by atoms with Gasteiger partial charge in [0.2, 0.25) is 0 Å². The van der Waals surface area contributed by atoms with Gasteiger partial charge in [-0.1, -0.05) is 23.8 Å². The fourth-order valence-electron chi connectivity index (χ4n) is 2.30. The minimum absolute atomic E-state index is 0.953. The molecule has 0 saturated heterocycles. The first-order chi connectivity index (χ1) is 5.95. The Morgan fingerprint density at radius 1 is 1.17 bits per heavy atom. The lowest BCUT2D eigenvalue weighted by molar-refractivity contribution is 0.536. The van der Waals surface area contributed by atoms with Crippen molar-refractivity contribution in [3.05, 3.63) is 23.8 Å². The predicted molar refractivity (Wildman–Crippen MR) is 53.0 cm³/mol. The predicted octanol–water partition coefficient (Wildman–Crippen LogP) is 3.84. The molecule has 0 unspecified atom stereocenters. The molecule has 0 atom stereocenters. The standard InChI is InChI=1S/C12H18/c1-2-6-11(7-3-1)10-12-8-4-5-9-12/h4-6,12H,1-3,7-10H2. The molecule has 0 heteroatoms. The van der Waals surface area contributed by atoms with Crippen LogP contribution >= 0.6 is 0 Å². The zero-order valence-corrected chi connectivity index (χ0v) is 7.76. The van der Waals surface area contributed by atoms with Crippen molar-refractivity contribution in [2.45, 2.75) is 44.9 Å². The van der Waals surface area contributed by atoms with E-state index in [0.717, 1.165) is 5.92 Å². The van der Waals surface area contributed by atoms with E-state index in [4.69, 9.17) is 0 Å². The molecule has 0 aromatic heterocycles. The van der Waals surface area contributed by atoms with Crippen molar-refractivity contribution in [3.63, 3.8) is 0 Å². The molecule has 0 heterocycles. The minimum Gasteiger partial charge on any atom is -0.0882 e. The van der Waals surface area contributed by atoms with Crippen LogP contribution < -0.4 is 0 Å². The van der Waals surface area contributed by atoms with E-state index < -0.39 is 0 Å². The van der Waals surface area contributed by atoms with Gasteiger partial charge in [-0.2, -0.15) is 0 Å². The van der Waals surface area contributed by atoms with Gasteiger partial charge in [-0.25, -0.2) is 0 Å². The molecule has 0 radical (unpaired) electrons. The Morgan fingerprint density at radius 3 is 2.67 bits per heavy atom. The largest absolute Gasteiger partial charge is 0.0882 e. The van der Waals surface area contributed by atoms with Gasteiger partial charge in [0.15, 0.2) is 0 Å². The third-order valence-electron chi connectivity index (χ3n) is 3.04. The Morgan fingerprint density at radius 2 is 2.00 bits per heavy atom. The summed E-state index contributed by atoms with van der Waals surface area (Å²) in [5, 5.41) is 0. The molecule has 66 valence electrons. The van der Waals surface area contributed by atoms with Crippen molar-refractivity contribution in [2.75, 3.05) is 0 Å². The molecule has 12 heavy (non-hydrogen) atoms. The van der Waals surface area contributed by atoms with Gasteiger partial charge >= 0.3 is 0 Å². The van der Waals surface area contributed by atoms with Crippen molar-refractivity contribution < 1.29 is 0 Å². The third-order valence-corrected chi connectivity index (χ3v) is 3.04. The van der Waals surface area contributed by atoms with Crippen molar-refractivity contribution in [2.24, 2.45) is 5.92 Å². The zero-order valence-electron chi connectivity index (χ0n) is 7.76. The van der Waals surface area contributed by atoms with E-state index in [1.807, 2.05) is 0 Å². The summed E-state index contributed by atoms with van der Waals surface area (Å²) in [6.07, 6.45) is 16.8. The lowest BCUT2D eigenvalue weighted by Crippen LogP contribution is -1.99. The van der Waals surface area contributed by atoms with Crippen molar-refractivity contribution in [1.29, 1.82) is 0 Å². The highest BCUT2D eigenvalue weighted by Gasteiger charge is 2.13. The topological polar surface area (TPSA) is 0 Å². The van der Waals surface area contributed by atoms with Crippen LogP contribution in [0.15, 0.2) is 23.8 Å². The van der Waals surface area contributed by atoms with Crippen molar-refractivity contribution in [1.82, 2.24) is 0 Å². The Bertz CT molecular complexity index is 190. The van der Waals surface area contributed by atoms with E-state index in [0.29, 0.717) is 0 Å². The summed E-state index contributed by atoms with van der Waals surface area (Å²) in [5.41, 5.74) is 1.75. The maximum Gasteiger partial charge on any atom is -0.0286 e. The van der Waals surface area contributed by atoms with Gasteiger partial charge in [0.25, 0.3) is 0 Å². The molecular formula is C12H18. The van der Waals surface area contributed by atoms with Crippen LogP contribution in [0.4, 0.5) is 0 Å². The van der Waals surface area contributed by atoms with Crippen LogP contribution in [-0.4, -0.2) is 0 Å². The SMILES string of the molecule is C1=CCC(CC2=CCCCC2)C1. The minimum atomic E-state index is 0.953. The van der Waals surface area contributed by atoms with E-state index in [1.54, 1.807) is 5.57 Å². The van der Waals surface area contributed by atoms with Gasteiger partial charge in [-0.15, -0.1) is 0 Å². The Labute approximate surface area is 75.4 Å². The number of hydrogen-bond acceptors (Lipinski definition) is 0. The van der Waals surface area contributed by atoms with E-state index in [1.165, 1.54) is 44.9 Å². The molecule has 0 aromatic rings. The van der Waals surface area contributed by atoms with Gasteiger partial charge in [0.05, 0.1) is 0 Å². The van der Waals surface area contributed by atoms with Gasteiger partial charge in [-0.3, -0.25) is 0 Å². The summed E-state index contributed by atoms with van der Waals surface area (Å²) in [6.45, 7) is 0. The fourth-order valence-corrected chi connectivity index (χ4v) is 2.30. The molecule has 0 fully saturated rings. The molecule has 0 saturated carbocycles. The van der Waals surface area contributed by atoms with Crippen LogP contribution in [0, 0.1) is 5.92 Å². The van der Waals surface area contributed by atoms with Gasteiger partial charge in [0.1, 0.15) is 0 Å². The highest BCUT2D eigenvalue weighted by molar-refractivity contribution is 5.08. The first kappa shape index (κ1) is 8.10. The summed E-state index contributed by atoms with van der Waals surface area (Å²) < 4.78 is 0. The lowest BCUT2D eigenvalue weighted by Gasteiger charge is -2.16. The van der Waals surface area contributed by atoms with Crippen molar-refractivity contribution >= 4 is 0 Å². The molecule has 0 aliphatic heterocycles. The van der Waals surface area contributed by atoms with Crippen molar-refractivity contribution in [3.8, 4) is 0 Å². The van der Waals surface area contributed by atoms with Gasteiger partial charge in [0, 0.05) is 0 Å². The summed E-state index contributed by atoms with van der Waals surface area (Å²) in [5.74, 6) is 0.953. The summed E-state index contributed by atoms with van der Waals surface area (Å²) in [6, 6.07) is 0. The Kier molecular flexibility index (Phi) is 2.65. The molecule has 2 aliphatic rings. The molecular weight excluding hydrogens is 144 g/mol. The second-order valence-electron chi connectivity index (χ2n) is 4.12. The van der Waals surface area contributed by atoms with E-state index in [-0.39, 0.29) is 0 Å². The van der Waals surface area contributed by atoms with Crippen LogP contribution in [0.2, 0.25) is 0 Å². The second kappa shape index (κ2) is 3.93. The summed E-state index contributed by atoms with van der Waals surface area (Å²) in [4.78, 5) is 0. The highest BCUT2D eigenvalue weighted by Crippen LogP contribution is 2.29. The van der Waals surface area contributed by atoms with Crippen LogP contribution in [-0.2, 0) is 0 Å². The first-order valence-electron chi connectivity index (χ1n) is 5.28. The third kappa shape index (κ3) is 2.00. The monoisotopic (exact) mass is 162 g/mol. The first-order valence-corrected chi connectivity index (χ1v) is 5.28. The molecule has 2 aliphatic carbocycles. The Balaban J connectivity index is 1.81. The number of hydrogen-bond donors (Lipinski definition) is 0. The van der Waals surface area contributed by atoms with Crippen LogP contribution in [0.3, 0.4) is 0 Å². The average Bonchev–Trinajstić information content (AvgIpc) is 2.59. The summed E-state index contributed by atoms with van der Waals surface area (Å²) >= 11 is 0. The zero-order chi connectivity index (χ0) is 8.23. The van der Waals surface area contributed by atoms with E-state index in [2.05, 4.69) is 18.2 Å². The van der Waals surface area contributed by atoms with E-state index >= 15 is 0 Å². The molecule has 2 rings (SSSR count). The fraction of sp³-hybridized carbons (Fsp3) is 0.667. The maximum absolute atomic E-state index is 2.49. The number of allylic oxidation sites excluding steroid dienone is 4. The smallest absolute Gasteiger partial charge is 0.0286 e. The van der Waals surface area contributed by atoms with Crippen LogP contribution in [0.1, 0.15) is 44.9 Å². The van der Waals surface area contributed by atoms with Crippen LogP contribution in [0.25, 0.3) is 0 Å². The van der Waals surface area contributed by atoms with Gasteiger partial charge < -0.3 is 0 Å². The average molecular weight is 162 g/mol. The molecule has 0 nitrogen and oxygen atoms in total.